The maximum atomic E-state index is 12.8. The average molecular weight is 568 g/mol. The van der Waals surface area contributed by atoms with E-state index in [0.717, 1.165) is 24.5 Å². The van der Waals surface area contributed by atoms with Crippen LogP contribution in [0.5, 0.6) is 0 Å². The lowest BCUT2D eigenvalue weighted by Gasteiger charge is -2.36. The lowest BCUT2D eigenvalue weighted by Crippen LogP contribution is -2.48. The van der Waals surface area contributed by atoms with Gasteiger partial charge in [0.2, 0.25) is 11.1 Å². The van der Waals surface area contributed by atoms with E-state index in [1.807, 2.05) is 29.2 Å². The molecule has 0 bridgehead atoms. The quantitative estimate of drug-likeness (QED) is 0.324. The molecule has 0 saturated carbocycles. The van der Waals surface area contributed by atoms with Crippen molar-refractivity contribution in [3.63, 3.8) is 0 Å². The molecule has 1 fully saturated rings. The number of thioether (sulfide) groups is 1. The Kier molecular flexibility index (Phi) is 8.11. The summed E-state index contributed by atoms with van der Waals surface area (Å²) in [6.45, 7) is 2.68. The molecule has 12 heteroatoms. The Morgan fingerprint density at radius 3 is 2.29 bits per heavy atom. The molecule has 1 aromatic heterocycles. The SMILES string of the molecule is O=C(CSc1nnnn1-c1ccc(Cl)cc1)Nc1ccc(N2CCN(C(=O)c3cccc(Cl)c3)CC2)cc1. The normalized spacial score (nSPS) is 13.4. The number of halogens is 2. The zero-order chi connectivity index (χ0) is 26.5. The van der Waals surface area contributed by atoms with Crippen LogP contribution in [0.15, 0.2) is 78.0 Å². The molecule has 38 heavy (non-hydrogen) atoms. The molecule has 0 radical (unpaired) electrons. The van der Waals surface area contributed by atoms with Crippen molar-refractivity contribution in [3.8, 4) is 5.69 Å². The number of nitrogens with one attached hydrogen (secondary N) is 1. The van der Waals surface area contributed by atoms with E-state index in [9.17, 15) is 9.59 Å². The van der Waals surface area contributed by atoms with Crippen molar-refractivity contribution in [2.24, 2.45) is 0 Å². The summed E-state index contributed by atoms with van der Waals surface area (Å²) in [6.07, 6.45) is 0. The van der Waals surface area contributed by atoms with E-state index in [1.54, 1.807) is 53.2 Å². The summed E-state index contributed by atoms with van der Waals surface area (Å²) in [5, 5.41) is 16.3. The molecule has 9 nitrogen and oxygen atoms in total. The number of rotatable bonds is 7. The summed E-state index contributed by atoms with van der Waals surface area (Å²) in [5.74, 6) is -0.0231. The summed E-state index contributed by atoms with van der Waals surface area (Å²) in [4.78, 5) is 29.4. The van der Waals surface area contributed by atoms with Crippen LogP contribution in [-0.2, 0) is 4.79 Å². The first kappa shape index (κ1) is 26.0. The van der Waals surface area contributed by atoms with Gasteiger partial charge in [0.25, 0.3) is 5.91 Å². The van der Waals surface area contributed by atoms with Gasteiger partial charge in [0.05, 0.1) is 11.4 Å². The number of amides is 2. The molecule has 2 heterocycles. The Hall–Kier alpha value is -3.60. The standard InChI is InChI=1S/C26H23Cl2N7O2S/c27-19-4-8-23(9-5-19)35-26(30-31-32-35)38-17-24(36)29-21-6-10-22(11-7-21)33-12-14-34(15-13-33)25(37)18-2-1-3-20(28)16-18/h1-11,16H,12-15,17H2,(H,29,36). The molecule has 0 unspecified atom stereocenters. The second-order valence-corrected chi connectivity index (χ2v) is 10.3. The Balaban J connectivity index is 1.11. The summed E-state index contributed by atoms with van der Waals surface area (Å²) in [7, 11) is 0. The van der Waals surface area contributed by atoms with E-state index < -0.39 is 0 Å². The van der Waals surface area contributed by atoms with Crippen molar-refractivity contribution in [2.45, 2.75) is 5.16 Å². The average Bonchev–Trinajstić information content (AvgIpc) is 3.41. The molecule has 0 atom stereocenters. The van der Waals surface area contributed by atoms with Gasteiger partial charge in [-0.3, -0.25) is 9.59 Å². The van der Waals surface area contributed by atoms with Crippen LogP contribution in [0.1, 0.15) is 10.4 Å². The fourth-order valence-electron chi connectivity index (χ4n) is 4.07. The third-order valence-electron chi connectivity index (χ3n) is 6.00. The number of carbonyl (C=O) groups excluding carboxylic acids is 2. The van der Waals surface area contributed by atoms with Crippen molar-refractivity contribution >= 4 is 58.2 Å². The first-order valence-corrected chi connectivity index (χ1v) is 13.6. The molecule has 0 aliphatic carbocycles. The highest BCUT2D eigenvalue weighted by molar-refractivity contribution is 7.99. The zero-order valence-electron chi connectivity index (χ0n) is 20.1. The van der Waals surface area contributed by atoms with Gasteiger partial charge in [0.1, 0.15) is 0 Å². The van der Waals surface area contributed by atoms with Gasteiger partial charge in [-0.15, -0.1) is 5.10 Å². The van der Waals surface area contributed by atoms with Crippen molar-refractivity contribution < 1.29 is 9.59 Å². The van der Waals surface area contributed by atoms with Crippen LogP contribution >= 0.6 is 35.0 Å². The lowest BCUT2D eigenvalue weighted by molar-refractivity contribution is -0.113. The van der Waals surface area contributed by atoms with Gasteiger partial charge >= 0.3 is 0 Å². The number of tetrazole rings is 1. The molecule has 2 amide bonds. The van der Waals surface area contributed by atoms with Gasteiger partial charge in [0, 0.05) is 53.2 Å². The molecule has 5 rings (SSSR count). The Labute approximate surface area is 233 Å². The zero-order valence-corrected chi connectivity index (χ0v) is 22.5. The lowest BCUT2D eigenvalue weighted by atomic mass is 10.1. The number of nitrogens with zero attached hydrogens (tertiary/aromatic N) is 6. The highest BCUT2D eigenvalue weighted by atomic mass is 35.5. The first-order chi connectivity index (χ1) is 18.5. The number of carbonyl (C=O) groups is 2. The number of hydrogen-bond donors (Lipinski definition) is 1. The molecule has 1 N–H and O–H groups in total. The van der Waals surface area contributed by atoms with Gasteiger partial charge in [-0.1, -0.05) is 41.0 Å². The van der Waals surface area contributed by atoms with E-state index in [1.165, 1.54) is 11.8 Å². The fraction of sp³-hybridized carbons (Fsp3) is 0.192. The smallest absolute Gasteiger partial charge is 0.254 e. The third-order valence-corrected chi connectivity index (χ3v) is 7.41. The van der Waals surface area contributed by atoms with Crippen LogP contribution in [0, 0.1) is 0 Å². The van der Waals surface area contributed by atoms with Crippen LogP contribution < -0.4 is 10.2 Å². The molecular formula is C26H23Cl2N7O2S. The number of aromatic nitrogens is 4. The van der Waals surface area contributed by atoms with Crippen LogP contribution in [-0.4, -0.2) is 68.9 Å². The topological polar surface area (TPSA) is 96.2 Å². The summed E-state index contributed by atoms with van der Waals surface area (Å²) < 4.78 is 1.56. The third kappa shape index (κ3) is 6.27. The molecule has 1 saturated heterocycles. The molecule has 194 valence electrons. The predicted octanol–water partition coefficient (Wildman–Crippen LogP) is 4.66. The van der Waals surface area contributed by atoms with Gasteiger partial charge in [-0.2, -0.15) is 4.68 Å². The maximum Gasteiger partial charge on any atom is 0.254 e. The molecule has 1 aliphatic heterocycles. The second-order valence-electron chi connectivity index (χ2n) is 8.52. The Bertz CT molecular complexity index is 1420. The number of piperazine rings is 1. The van der Waals surface area contributed by atoms with E-state index in [-0.39, 0.29) is 17.6 Å². The maximum absolute atomic E-state index is 12.8. The molecular weight excluding hydrogens is 545 g/mol. The van der Waals surface area contributed by atoms with Crippen LogP contribution in [0.4, 0.5) is 11.4 Å². The van der Waals surface area contributed by atoms with Crippen LogP contribution in [0.25, 0.3) is 5.69 Å². The molecule has 1 aliphatic rings. The van der Waals surface area contributed by atoms with E-state index in [0.29, 0.717) is 39.5 Å². The Morgan fingerprint density at radius 1 is 0.868 bits per heavy atom. The Morgan fingerprint density at radius 2 is 1.58 bits per heavy atom. The minimum atomic E-state index is -0.165. The molecule has 3 aromatic carbocycles. The van der Waals surface area contributed by atoms with Gasteiger partial charge in [-0.05, 0) is 77.2 Å². The minimum absolute atomic E-state index is 0.00900. The van der Waals surface area contributed by atoms with Crippen molar-refractivity contribution in [2.75, 3.05) is 42.1 Å². The molecule has 4 aromatic rings. The second kappa shape index (κ2) is 11.8. The summed E-state index contributed by atoms with van der Waals surface area (Å²) in [6, 6.07) is 21.8. The predicted molar refractivity (Wildman–Crippen MR) is 150 cm³/mol. The monoisotopic (exact) mass is 567 g/mol. The number of benzene rings is 3. The highest BCUT2D eigenvalue weighted by Crippen LogP contribution is 2.23. The van der Waals surface area contributed by atoms with Gasteiger partial charge < -0.3 is 15.1 Å². The van der Waals surface area contributed by atoms with Crippen molar-refractivity contribution in [1.82, 2.24) is 25.1 Å². The first-order valence-electron chi connectivity index (χ1n) is 11.8. The van der Waals surface area contributed by atoms with Gasteiger partial charge in [0.15, 0.2) is 0 Å². The van der Waals surface area contributed by atoms with E-state index in [4.69, 9.17) is 23.2 Å². The number of anilines is 2. The van der Waals surface area contributed by atoms with Crippen molar-refractivity contribution in [1.29, 1.82) is 0 Å². The minimum Gasteiger partial charge on any atom is -0.368 e. The van der Waals surface area contributed by atoms with Crippen LogP contribution in [0.3, 0.4) is 0 Å². The van der Waals surface area contributed by atoms with E-state index in [2.05, 4.69) is 25.7 Å². The summed E-state index contributed by atoms with van der Waals surface area (Å²) >= 11 is 13.2. The fourth-order valence-corrected chi connectivity index (χ4v) is 5.07. The van der Waals surface area contributed by atoms with Crippen molar-refractivity contribution in [3.05, 3.63) is 88.4 Å². The summed E-state index contributed by atoms with van der Waals surface area (Å²) in [5.41, 5.74) is 3.10. The molecule has 0 spiro atoms. The van der Waals surface area contributed by atoms with Gasteiger partial charge in [-0.25, -0.2) is 0 Å². The van der Waals surface area contributed by atoms with E-state index >= 15 is 0 Å². The highest BCUT2D eigenvalue weighted by Gasteiger charge is 2.22. The number of hydrogen-bond acceptors (Lipinski definition) is 7. The van der Waals surface area contributed by atoms with Crippen LogP contribution in [0.2, 0.25) is 10.0 Å². The largest absolute Gasteiger partial charge is 0.368 e.